The average Bonchev–Trinajstić information content (AvgIpc) is 2.74. The van der Waals surface area contributed by atoms with Gasteiger partial charge in [-0.3, -0.25) is 4.79 Å². The van der Waals surface area contributed by atoms with Crippen molar-refractivity contribution in [1.82, 2.24) is 4.98 Å². The summed E-state index contributed by atoms with van der Waals surface area (Å²) >= 11 is 0. The van der Waals surface area contributed by atoms with Crippen molar-refractivity contribution < 1.29 is 23.8 Å². The smallest absolute Gasteiger partial charge is 0.453 e. The van der Waals surface area contributed by atoms with Crippen LogP contribution >= 0.6 is 0 Å². The Balaban J connectivity index is 0.000000586. The van der Waals surface area contributed by atoms with E-state index in [1.54, 1.807) is 57.2 Å². The summed E-state index contributed by atoms with van der Waals surface area (Å²) in [5.74, 6) is 0.868. The number of para-hydroxylation sites is 2. The average molecular weight is 465 g/mol. The van der Waals surface area contributed by atoms with Gasteiger partial charge in [-0.15, -0.1) is 0 Å². The Morgan fingerprint density at radius 3 is 2.15 bits per heavy atom. The maximum Gasteiger partial charge on any atom is 0.511 e. The molecule has 2 aromatic rings. The van der Waals surface area contributed by atoms with Crippen LogP contribution in [0.3, 0.4) is 0 Å². The summed E-state index contributed by atoms with van der Waals surface area (Å²) in [6, 6.07) is 10.1. The molecule has 0 radical (unpaired) electrons. The Morgan fingerprint density at radius 2 is 1.61 bits per heavy atom. The van der Waals surface area contributed by atoms with Crippen LogP contribution in [-0.2, 0) is 14.3 Å². The number of nitrogens with zero attached hydrogens (tertiary/aromatic N) is 1. The van der Waals surface area contributed by atoms with Crippen molar-refractivity contribution in [2.45, 2.75) is 53.4 Å². The SMILES string of the molecule is CC.CC(C)OC(=O)OC(C)Oc1ccccc1N.NCCC(=O)Nc1ccc(N)c(N)n1. The first kappa shape index (κ1) is 29.3. The fourth-order valence-electron chi connectivity index (χ4n) is 2.04. The first-order valence-electron chi connectivity index (χ1n) is 10.5. The molecule has 2 rings (SSSR count). The Labute approximate surface area is 194 Å². The lowest BCUT2D eigenvalue weighted by molar-refractivity contribution is -0.116. The van der Waals surface area contributed by atoms with E-state index in [1.165, 1.54) is 0 Å². The van der Waals surface area contributed by atoms with E-state index in [1.807, 2.05) is 13.8 Å². The number of ether oxygens (including phenoxy) is 3. The summed E-state index contributed by atoms with van der Waals surface area (Å²) in [5, 5.41) is 2.55. The molecule has 1 aromatic heterocycles. The molecule has 0 aliphatic rings. The zero-order valence-electron chi connectivity index (χ0n) is 19.8. The predicted octanol–water partition coefficient (Wildman–Crippen LogP) is 3.11. The number of carbonyl (C=O) groups is 2. The van der Waals surface area contributed by atoms with Gasteiger partial charge in [-0.2, -0.15) is 0 Å². The van der Waals surface area contributed by atoms with Crippen LogP contribution in [0.1, 0.15) is 41.0 Å². The first-order chi connectivity index (χ1) is 15.6. The molecule has 0 aliphatic heterocycles. The number of nitrogen functional groups attached to an aromatic ring is 3. The topological polar surface area (TPSA) is 191 Å². The molecule has 1 aromatic carbocycles. The van der Waals surface area contributed by atoms with Gasteiger partial charge in [0.05, 0.1) is 17.5 Å². The van der Waals surface area contributed by atoms with Crippen molar-refractivity contribution in [1.29, 1.82) is 0 Å². The van der Waals surface area contributed by atoms with E-state index in [0.717, 1.165) is 0 Å². The van der Waals surface area contributed by atoms with Gasteiger partial charge in [-0.1, -0.05) is 26.0 Å². The molecule has 0 aliphatic carbocycles. The molecule has 0 fully saturated rings. The maximum absolute atomic E-state index is 11.2. The van der Waals surface area contributed by atoms with Gasteiger partial charge in [0.2, 0.25) is 12.2 Å². The fourth-order valence-corrected chi connectivity index (χ4v) is 2.04. The summed E-state index contributed by atoms with van der Waals surface area (Å²) in [7, 11) is 0. The van der Waals surface area contributed by atoms with E-state index in [-0.39, 0.29) is 24.2 Å². The summed E-state index contributed by atoms with van der Waals surface area (Å²) < 4.78 is 15.0. The lowest BCUT2D eigenvalue weighted by atomic mass is 10.3. The molecule has 1 amide bonds. The molecular formula is C22H36N6O5. The van der Waals surface area contributed by atoms with Gasteiger partial charge in [0, 0.05) is 19.9 Å². The third-order valence-corrected chi connectivity index (χ3v) is 3.40. The summed E-state index contributed by atoms with van der Waals surface area (Å²) in [4.78, 5) is 26.2. The number of benzene rings is 1. The highest BCUT2D eigenvalue weighted by atomic mass is 16.8. The van der Waals surface area contributed by atoms with Crippen LogP contribution in [0, 0.1) is 0 Å². The lowest BCUT2D eigenvalue weighted by Gasteiger charge is -2.17. The van der Waals surface area contributed by atoms with Crippen LogP contribution in [0.5, 0.6) is 5.75 Å². The number of hydrogen-bond acceptors (Lipinski definition) is 10. The van der Waals surface area contributed by atoms with Crippen molar-refractivity contribution in [3.63, 3.8) is 0 Å². The summed E-state index contributed by atoms with van der Waals surface area (Å²) in [5.41, 5.74) is 22.7. The van der Waals surface area contributed by atoms with Crippen LogP contribution in [0.15, 0.2) is 36.4 Å². The van der Waals surface area contributed by atoms with Crippen molar-refractivity contribution >= 4 is 35.1 Å². The zero-order valence-corrected chi connectivity index (χ0v) is 19.8. The number of amides is 1. The number of carbonyl (C=O) groups excluding carboxylic acids is 2. The molecule has 0 saturated heterocycles. The third-order valence-electron chi connectivity index (χ3n) is 3.40. The van der Waals surface area contributed by atoms with Gasteiger partial charge in [-0.05, 0) is 38.1 Å². The predicted molar refractivity (Wildman–Crippen MR) is 130 cm³/mol. The molecule has 1 atom stereocenters. The maximum atomic E-state index is 11.2. The standard InChI is InChI=1S/C12H17NO4.C8H13N5O.C2H6/c1-8(2)15-12(14)17-9(3)16-11-7-5-4-6-10(11)13;9-4-3-7(14)12-6-2-1-5(10)8(11)13-6;1-2/h4-9H,13H2,1-3H3;1-2H,3-4,9-10H2,(H3,11,12,13,14);1-2H3. The highest BCUT2D eigenvalue weighted by Gasteiger charge is 2.14. The number of nitrogens with two attached hydrogens (primary N) is 4. The van der Waals surface area contributed by atoms with E-state index in [0.29, 0.717) is 29.5 Å². The molecule has 33 heavy (non-hydrogen) atoms. The van der Waals surface area contributed by atoms with Gasteiger partial charge in [-0.25, -0.2) is 9.78 Å². The molecule has 1 unspecified atom stereocenters. The molecule has 9 N–H and O–H groups in total. The molecule has 184 valence electrons. The minimum atomic E-state index is -0.762. The molecule has 11 nitrogen and oxygen atoms in total. The van der Waals surface area contributed by atoms with Gasteiger partial charge in [0.1, 0.15) is 17.4 Å². The van der Waals surface area contributed by atoms with Gasteiger partial charge in [0.25, 0.3) is 0 Å². The second-order valence-corrected chi connectivity index (χ2v) is 6.52. The van der Waals surface area contributed by atoms with Gasteiger partial charge < -0.3 is 42.5 Å². The third kappa shape index (κ3) is 12.7. The number of pyridine rings is 1. The van der Waals surface area contributed by atoms with Crippen molar-refractivity contribution in [3.05, 3.63) is 36.4 Å². The highest BCUT2D eigenvalue weighted by molar-refractivity contribution is 5.90. The summed E-state index contributed by atoms with van der Waals surface area (Å²) in [6.07, 6.45) is -1.49. The number of anilines is 4. The minimum absolute atomic E-state index is 0.191. The second kappa shape index (κ2) is 16.0. The highest BCUT2D eigenvalue weighted by Crippen LogP contribution is 2.21. The normalized spacial score (nSPS) is 10.5. The molecule has 11 heteroatoms. The largest absolute Gasteiger partial charge is 0.511 e. The molecule has 1 heterocycles. The quantitative estimate of drug-likeness (QED) is 0.231. The van der Waals surface area contributed by atoms with Crippen molar-refractivity contribution in [2.75, 3.05) is 29.1 Å². The van der Waals surface area contributed by atoms with Crippen LogP contribution < -0.4 is 33.0 Å². The van der Waals surface area contributed by atoms with E-state index < -0.39 is 12.4 Å². The van der Waals surface area contributed by atoms with Crippen LogP contribution in [0.2, 0.25) is 0 Å². The van der Waals surface area contributed by atoms with Crippen LogP contribution in [0.25, 0.3) is 0 Å². The van der Waals surface area contributed by atoms with E-state index in [2.05, 4.69) is 10.3 Å². The van der Waals surface area contributed by atoms with Crippen molar-refractivity contribution in [2.24, 2.45) is 5.73 Å². The van der Waals surface area contributed by atoms with Gasteiger partial charge in [0.15, 0.2) is 0 Å². The molecule has 0 bridgehead atoms. The van der Waals surface area contributed by atoms with Crippen molar-refractivity contribution in [3.8, 4) is 5.75 Å². The lowest BCUT2D eigenvalue weighted by Crippen LogP contribution is -2.23. The zero-order chi connectivity index (χ0) is 25.4. The molecular weight excluding hydrogens is 428 g/mol. The first-order valence-corrected chi connectivity index (χ1v) is 10.5. The number of nitrogens with one attached hydrogen (secondary N) is 1. The van der Waals surface area contributed by atoms with Crippen LogP contribution in [0.4, 0.5) is 27.8 Å². The van der Waals surface area contributed by atoms with E-state index in [9.17, 15) is 9.59 Å². The number of hydrogen-bond donors (Lipinski definition) is 5. The molecule has 0 saturated carbocycles. The number of rotatable bonds is 7. The Kier molecular flexibility index (Phi) is 14.2. The molecule has 0 spiro atoms. The Bertz CT molecular complexity index is 863. The monoisotopic (exact) mass is 464 g/mol. The number of aromatic nitrogens is 1. The van der Waals surface area contributed by atoms with Crippen LogP contribution in [-0.4, -0.2) is 36.0 Å². The van der Waals surface area contributed by atoms with E-state index >= 15 is 0 Å². The Morgan fingerprint density at radius 1 is 0.970 bits per heavy atom. The Hall–Kier alpha value is -3.73. The fraction of sp³-hybridized carbons (Fsp3) is 0.409. The van der Waals surface area contributed by atoms with E-state index in [4.69, 9.17) is 37.1 Å². The second-order valence-electron chi connectivity index (χ2n) is 6.52. The van der Waals surface area contributed by atoms with Gasteiger partial charge >= 0.3 is 6.16 Å². The summed E-state index contributed by atoms with van der Waals surface area (Å²) in [6.45, 7) is 9.37. The minimum Gasteiger partial charge on any atom is -0.453 e.